The molecule has 3 rings (SSSR count). The summed E-state index contributed by atoms with van der Waals surface area (Å²) in [5, 5.41) is 11.2. The Morgan fingerprint density at radius 3 is 2.50 bits per heavy atom. The van der Waals surface area contributed by atoms with Gasteiger partial charge in [0.1, 0.15) is 10.7 Å². The van der Waals surface area contributed by atoms with E-state index in [1.54, 1.807) is 18.2 Å². The number of nitro groups is 1. The molecule has 146 valence electrons. The largest absolute Gasteiger partial charge is 0.422 e. The fraction of sp³-hybridized carbons (Fsp3) is 0.222. The number of hydrogen-bond donors (Lipinski definition) is 0. The molecule has 0 N–H and O–H groups in total. The minimum absolute atomic E-state index is 0.00505. The van der Waals surface area contributed by atoms with E-state index in [4.69, 9.17) is 44.9 Å². The Bertz CT molecular complexity index is 948. The molecular weight excluding hydrogens is 427 g/mol. The molecule has 0 bridgehead atoms. The predicted octanol–water partition coefficient (Wildman–Crippen LogP) is 4.13. The zero-order chi connectivity index (χ0) is 20.3. The zero-order valence-corrected chi connectivity index (χ0v) is 16.7. The number of benzene rings is 2. The molecule has 0 atom stereocenters. The third-order valence-corrected chi connectivity index (χ3v) is 5.08. The summed E-state index contributed by atoms with van der Waals surface area (Å²) in [4.78, 5) is 25.2. The molecule has 7 nitrogen and oxygen atoms in total. The first kappa shape index (κ1) is 20.5. The second-order valence-electron chi connectivity index (χ2n) is 5.86. The Balaban J connectivity index is 1.87. The first-order valence-corrected chi connectivity index (χ1v) is 9.36. The van der Waals surface area contributed by atoms with Gasteiger partial charge in [0, 0.05) is 30.2 Å². The van der Waals surface area contributed by atoms with Gasteiger partial charge in [0.05, 0.1) is 34.3 Å². The van der Waals surface area contributed by atoms with Crippen LogP contribution < -0.4 is 4.74 Å². The number of carbonyl (C=O) groups excluding carboxylic acids is 1. The van der Waals surface area contributed by atoms with Crippen LogP contribution in [0.15, 0.2) is 36.4 Å². The summed E-state index contributed by atoms with van der Waals surface area (Å²) in [5.74, 6) is -0.534. The molecular formula is C18H14Cl2N2O5S. The van der Waals surface area contributed by atoms with Gasteiger partial charge in [-0.15, -0.1) is 0 Å². The summed E-state index contributed by atoms with van der Waals surface area (Å²) in [6.45, 7) is 2.34. The highest BCUT2D eigenvalue weighted by Crippen LogP contribution is 2.28. The molecule has 1 heterocycles. The molecule has 10 heteroatoms. The third kappa shape index (κ3) is 4.59. The molecule has 1 saturated heterocycles. The highest BCUT2D eigenvalue weighted by atomic mass is 35.5. The van der Waals surface area contributed by atoms with Crippen molar-refractivity contribution >= 4 is 52.1 Å². The second kappa shape index (κ2) is 8.83. The van der Waals surface area contributed by atoms with Crippen LogP contribution in [0.1, 0.15) is 15.9 Å². The molecule has 0 saturated carbocycles. The molecule has 1 aliphatic rings. The van der Waals surface area contributed by atoms with Crippen molar-refractivity contribution in [2.45, 2.75) is 0 Å². The Labute approximate surface area is 175 Å². The standard InChI is InChI=1S/C18H14Cl2N2O5S/c19-11-1-4-16(14(9-11)17(28)21-5-7-26-8-6-21)27-18(23)13-3-2-12(22(24)25)10-15(13)20/h1-4,9-10H,5-8H2. The Morgan fingerprint density at radius 2 is 1.86 bits per heavy atom. The number of nitrogens with zero attached hydrogens (tertiary/aromatic N) is 2. The maximum Gasteiger partial charge on any atom is 0.345 e. The summed E-state index contributed by atoms with van der Waals surface area (Å²) in [6, 6.07) is 8.27. The zero-order valence-electron chi connectivity index (χ0n) is 14.4. The van der Waals surface area contributed by atoms with Gasteiger partial charge in [0.25, 0.3) is 5.69 Å². The van der Waals surface area contributed by atoms with Crippen LogP contribution in [0.3, 0.4) is 0 Å². The van der Waals surface area contributed by atoms with Gasteiger partial charge in [-0.3, -0.25) is 10.1 Å². The number of rotatable bonds is 4. The Kier molecular flexibility index (Phi) is 6.46. The van der Waals surface area contributed by atoms with Crippen molar-refractivity contribution in [1.82, 2.24) is 4.90 Å². The van der Waals surface area contributed by atoms with Gasteiger partial charge in [0.15, 0.2) is 0 Å². The van der Waals surface area contributed by atoms with E-state index in [9.17, 15) is 14.9 Å². The monoisotopic (exact) mass is 440 g/mol. The fourth-order valence-electron chi connectivity index (χ4n) is 2.63. The van der Waals surface area contributed by atoms with Gasteiger partial charge in [-0.2, -0.15) is 0 Å². The van der Waals surface area contributed by atoms with Crippen LogP contribution in [0, 0.1) is 10.1 Å². The first-order chi connectivity index (χ1) is 13.4. The number of non-ortho nitro benzene ring substituents is 1. The molecule has 0 aliphatic carbocycles. The highest BCUT2D eigenvalue weighted by molar-refractivity contribution is 7.80. The number of nitro benzene ring substituents is 1. The van der Waals surface area contributed by atoms with Crippen LogP contribution in [0.4, 0.5) is 5.69 Å². The van der Waals surface area contributed by atoms with E-state index in [0.29, 0.717) is 41.9 Å². The van der Waals surface area contributed by atoms with Gasteiger partial charge in [-0.05, 0) is 24.3 Å². The van der Waals surface area contributed by atoms with Crippen LogP contribution in [0.2, 0.25) is 10.0 Å². The van der Waals surface area contributed by atoms with Gasteiger partial charge >= 0.3 is 5.97 Å². The number of thiocarbonyl (C=S) groups is 1. The quantitative estimate of drug-likeness (QED) is 0.232. The summed E-state index contributed by atoms with van der Waals surface area (Å²) in [7, 11) is 0. The van der Waals surface area contributed by atoms with Crippen LogP contribution >= 0.6 is 35.4 Å². The number of carbonyl (C=O) groups is 1. The molecule has 1 aliphatic heterocycles. The molecule has 0 unspecified atom stereocenters. The van der Waals surface area contributed by atoms with Crippen molar-refractivity contribution < 1.29 is 19.2 Å². The lowest BCUT2D eigenvalue weighted by Gasteiger charge is -2.29. The fourth-order valence-corrected chi connectivity index (χ4v) is 3.40. The third-order valence-electron chi connectivity index (χ3n) is 4.06. The normalized spacial score (nSPS) is 13.9. The molecule has 0 amide bonds. The number of esters is 1. The van der Waals surface area contributed by atoms with Crippen LogP contribution in [-0.4, -0.2) is 47.1 Å². The summed E-state index contributed by atoms with van der Waals surface area (Å²) in [6.07, 6.45) is 0. The highest BCUT2D eigenvalue weighted by Gasteiger charge is 2.22. The van der Waals surface area contributed by atoms with Crippen molar-refractivity contribution in [2.75, 3.05) is 26.3 Å². The smallest absolute Gasteiger partial charge is 0.345 e. The Morgan fingerprint density at radius 1 is 1.14 bits per heavy atom. The van der Waals surface area contributed by atoms with Crippen LogP contribution in [0.25, 0.3) is 0 Å². The number of morpholine rings is 1. The molecule has 0 radical (unpaired) electrons. The van der Waals surface area contributed by atoms with Crippen molar-refractivity contribution in [1.29, 1.82) is 0 Å². The van der Waals surface area contributed by atoms with E-state index < -0.39 is 10.9 Å². The van der Waals surface area contributed by atoms with Crippen LogP contribution in [0.5, 0.6) is 5.75 Å². The number of hydrogen-bond acceptors (Lipinski definition) is 6. The van der Waals surface area contributed by atoms with E-state index in [2.05, 4.69) is 0 Å². The summed E-state index contributed by atoms with van der Waals surface area (Å²) < 4.78 is 10.8. The van der Waals surface area contributed by atoms with Crippen molar-refractivity contribution in [3.05, 3.63) is 67.7 Å². The van der Waals surface area contributed by atoms with E-state index >= 15 is 0 Å². The van der Waals surface area contributed by atoms with Crippen molar-refractivity contribution in [2.24, 2.45) is 0 Å². The molecule has 28 heavy (non-hydrogen) atoms. The van der Waals surface area contributed by atoms with E-state index in [1.807, 2.05) is 4.90 Å². The van der Waals surface area contributed by atoms with Gasteiger partial charge in [-0.1, -0.05) is 35.4 Å². The second-order valence-corrected chi connectivity index (χ2v) is 7.09. The molecule has 2 aromatic carbocycles. The predicted molar refractivity (Wildman–Crippen MR) is 109 cm³/mol. The molecule has 0 aromatic heterocycles. The maximum atomic E-state index is 12.6. The van der Waals surface area contributed by atoms with E-state index in [1.165, 1.54) is 12.1 Å². The van der Waals surface area contributed by atoms with Crippen molar-refractivity contribution in [3.8, 4) is 5.75 Å². The first-order valence-electron chi connectivity index (χ1n) is 8.19. The Hall–Kier alpha value is -2.26. The topological polar surface area (TPSA) is 81.9 Å². The lowest BCUT2D eigenvalue weighted by atomic mass is 10.1. The lowest BCUT2D eigenvalue weighted by Crippen LogP contribution is -2.40. The summed E-state index contributed by atoms with van der Waals surface area (Å²) >= 11 is 17.7. The van der Waals surface area contributed by atoms with E-state index in [0.717, 1.165) is 6.07 Å². The number of ether oxygens (including phenoxy) is 2. The minimum atomic E-state index is -0.756. The van der Waals surface area contributed by atoms with E-state index in [-0.39, 0.29) is 22.0 Å². The lowest BCUT2D eigenvalue weighted by molar-refractivity contribution is -0.384. The molecule has 0 spiro atoms. The number of halogens is 2. The minimum Gasteiger partial charge on any atom is -0.422 e. The van der Waals surface area contributed by atoms with Gasteiger partial charge in [0.2, 0.25) is 0 Å². The van der Waals surface area contributed by atoms with Crippen LogP contribution in [-0.2, 0) is 4.74 Å². The molecule has 1 fully saturated rings. The van der Waals surface area contributed by atoms with Gasteiger partial charge < -0.3 is 14.4 Å². The SMILES string of the molecule is O=C(Oc1ccc(Cl)cc1C(=S)N1CCOCC1)c1ccc([N+](=O)[O-])cc1Cl. The average Bonchev–Trinajstić information content (AvgIpc) is 2.69. The maximum absolute atomic E-state index is 12.6. The average molecular weight is 441 g/mol. The summed E-state index contributed by atoms with van der Waals surface area (Å²) in [5.41, 5.74) is 0.281. The van der Waals surface area contributed by atoms with Gasteiger partial charge in [-0.25, -0.2) is 4.79 Å². The molecule has 2 aromatic rings. The van der Waals surface area contributed by atoms with Crippen molar-refractivity contribution in [3.63, 3.8) is 0 Å².